The molecule has 0 heterocycles. The molecular formula is C10H19ClO2. The van der Waals surface area contributed by atoms with Crippen molar-refractivity contribution in [2.24, 2.45) is 17.3 Å². The highest BCUT2D eigenvalue weighted by Gasteiger charge is 2.36. The van der Waals surface area contributed by atoms with E-state index in [-0.39, 0.29) is 16.6 Å². The van der Waals surface area contributed by atoms with E-state index in [1.807, 2.05) is 13.8 Å². The van der Waals surface area contributed by atoms with Crippen LogP contribution in [0.4, 0.5) is 0 Å². The first-order valence-corrected chi connectivity index (χ1v) is 4.90. The molecule has 1 unspecified atom stereocenters. The zero-order valence-corrected chi connectivity index (χ0v) is 9.81. The number of carbonyl (C=O) groups excluding carboxylic acids is 1. The summed E-state index contributed by atoms with van der Waals surface area (Å²) in [6.07, 6.45) is 0. The van der Waals surface area contributed by atoms with E-state index in [4.69, 9.17) is 16.3 Å². The number of halogens is 1. The monoisotopic (exact) mass is 206 g/mol. The second-order valence-corrected chi connectivity index (χ2v) is 4.66. The van der Waals surface area contributed by atoms with E-state index >= 15 is 0 Å². The van der Waals surface area contributed by atoms with Gasteiger partial charge >= 0.3 is 0 Å². The fraction of sp³-hybridized carbons (Fsp3) is 0.900. The van der Waals surface area contributed by atoms with Gasteiger partial charge in [0.15, 0.2) is 0 Å². The first-order chi connectivity index (χ1) is 5.84. The van der Waals surface area contributed by atoms with Crippen LogP contribution in [0.5, 0.6) is 0 Å². The minimum Gasteiger partial charge on any atom is -0.384 e. The molecule has 78 valence electrons. The van der Waals surface area contributed by atoms with Crippen molar-refractivity contribution in [3.05, 3.63) is 0 Å². The Morgan fingerprint density at radius 1 is 1.46 bits per heavy atom. The predicted octanol–water partition coefficient (Wildman–Crippen LogP) is 2.70. The average Bonchev–Trinajstić information content (AvgIpc) is 1.98. The van der Waals surface area contributed by atoms with Gasteiger partial charge in [0.05, 0.1) is 12.5 Å². The van der Waals surface area contributed by atoms with E-state index in [0.717, 1.165) is 0 Å². The molecule has 0 aliphatic rings. The number of hydrogen-bond acceptors (Lipinski definition) is 2. The molecule has 3 heteroatoms. The van der Waals surface area contributed by atoms with Gasteiger partial charge in [0.2, 0.25) is 5.24 Å². The van der Waals surface area contributed by atoms with Crippen LogP contribution in [-0.4, -0.2) is 19.0 Å². The standard InChI is InChI=1S/C10H19ClO2/c1-7(2)10(3,4)8(6-13-5)9(11)12/h7-8H,6H2,1-5H3. The van der Waals surface area contributed by atoms with Crippen molar-refractivity contribution in [3.63, 3.8) is 0 Å². The predicted molar refractivity (Wildman–Crippen MR) is 54.8 cm³/mol. The lowest BCUT2D eigenvalue weighted by Crippen LogP contribution is -2.36. The van der Waals surface area contributed by atoms with Gasteiger partial charge in [-0.3, -0.25) is 4.79 Å². The zero-order chi connectivity index (χ0) is 10.6. The van der Waals surface area contributed by atoms with Crippen LogP contribution < -0.4 is 0 Å². The minimum atomic E-state index is -0.305. The van der Waals surface area contributed by atoms with Gasteiger partial charge < -0.3 is 4.74 Å². The van der Waals surface area contributed by atoms with Crippen LogP contribution in [0.1, 0.15) is 27.7 Å². The van der Waals surface area contributed by atoms with E-state index in [0.29, 0.717) is 12.5 Å². The molecule has 0 amide bonds. The molecule has 0 aromatic heterocycles. The van der Waals surface area contributed by atoms with Crippen molar-refractivity contribution >= 4 is 16.8 Å². The van der Waals surface area contributed by atoms with Crippen LogP contribution in [0, 0.1) is 17.3 Å². The molecule has 13 heavy (non-hydrogen) atoms. The van der Waals surface area contributed by atoms with Crippen LogP contribution in [0.3, 0.4) is 0 Å². The average molecular weight is 207 g/mol. The summed E-state index contributed by atoms with van der Waals surface area (Å²) in [7, 11) is 1.59. The van der Waals surface area contributed by atoms with E-state index in [1.165, 1.54) is 0 Å². The van der Waals surface area contributed by atoms with Gasteiger partial charge in [0.25, 0.3) is 0 Å². The molecule has 1 atom stereocenters. The largest absolute Gasteiger partial charge is 0.384 e. The zero-order valence-electron chi connectivity index (χ0n) is 9.06. The normalized spacial score (nSPS) is 14.7. The topological polar surface area (TPSA) is 26.3 Å². The van der Waals surface area contributed by atoms with Gasteiger partial charge in [-0.15, -0.1) is 0 Å². The first kappa shape index (κ1) is 12.9. The second kappa shape index (κ2) is 4.97. The molecule has 0 aliphatic carbocycles. The highest BCUT2D eigenvalue weighted by Crippen LogP contribution is 2.36. The minimum absolute atomic E-state index is 0.116. The highest BCUT2D eigenvalue weighted by molar-refractivity contribution is 6.64. The van der Waals surface area contributed by atoms with Crippen LogP contribution in [0.15, 0.2) is 0 Å². The molecule has 0 spiro atoms. The maximum Gasteiger partial charge on any atom is 0.227 e. The molecule has 0 rings (SSSR count). The number of methoxy groups -OCH3 is 1. The van der Waals surface area contributed by atoms with Gasteiger partial charge in [-0.05, 0) is 22.9 Å². The number of carbonyl (C=O) groups is 1. The lowest BCUT2D eigenvalue weighted by atomic mass is 9.71. The van der Waals surface area contributed by atoms with Crippen molar-refractivity contribution in [2.45, 2.75) is 27.7 Å². The van der Waals surface area contributed by atoms with Crippen molar-refractivity contribution in [1.82, 2.24) is 0 Å². The fourth-order valence-electron chi connectivity index (χ4n) is 1.14. The van der Waals surface area contributed by atoms with Gasteiger partial charge in [0.1, 0.15) is 0 Å². The lowest BCUT2D eigenvalue weighted by molar-refractivity contribution is -0.122. The summed E-state index contributed by atoms with van der Waals surface area (Å²) in [5.74, 6) is 0.175. The summed E-state index contributed by atoms with van der Waals surface area (Å²) in [5, 5.41) is -0.305. The van der Waals surface area contributed by atoms with Crippen molar-refractivity contribution in [3.8, 4) is 0 Å². The molecule has 0 aromatic rings. The van der Waals surface area contributed by atoms with Crippen LogP contribution >= 0.6 is 11.6 Å². The lowest BCUT2D eigenvalue weighted by Gasteiger charge is -2.35. The Morgan fingerprint density at radius 3 is 2.15 bits per heavy atom. The summed E-state index contributed by atoms with van der Waals surface area (Å²) < 4.78 is 5.00. The second-order valence-electron chi connectivity index (χ2n) is 4.29. The van der Waals surface area contributed by atoms with Crippen LogP contribution in [0.2, 0.25) is 0 Å². The smallest absolute Gasteiger partial charge is 0.227 e. The van der Waals surface area contributed by atoms with Crippen LogP contribution in [0.25, 0.3) is 0 Å². The van der Waals surface area contributed by atoms with E-state index in [2.05, 4.69) is 13.8 Å². The Hall–Kier alpha value is -0.0800. The Kier molecular flexibility index (Phi) is 4.93. The molecular weight excluding hydrogens is 188 g/mol. The summed E-state index contributed by atoms with van der Waals surface area (Å²) in [6, 6.07) is 0. The van der Waals surface area contributed by atoms with Crippen LogP contribution in [-0.2, 0) is 9.53 Å². The maximum atomic E-state index is 11.2. The molecule has 0 saturated heterocycles. The Morgan fingerprint density at radius 2 is 1.92 bits per heavy atom. The summed E-state index contributed by atoms with van der Waals surface area (Å²) in [6.45, 7) is 8.65. The molecule has 0 aliphatic heterocycles. The first-order valence-electron chi connectivity index (χ1n) is 4.52. The van der Waals surface area contributed by atoms with E-state index < -0.39 is 0 Å². The SMILES string of the molecule is COCC(C(=O)Cl)C(C)(C)C(C)C. The number of rotatable bonds is 5. The summed E-state index contributed by atoms with van der Waals surface area (Å²) in [4.78, 5) is 11.2. The molecule has 0 aromatic carbocycles. The van der Waals surface area contributed by atoms with Crippen molar-refractivity contribution < 1.29 is 9.53 Å². The third-order valence-corrected chi connectivity index (χ3v) is 3.26. The maximum absolute atomic E-state index is 11.2. The van der Waals surface area contributed by atoms with Gasteiger partial charge in [0, 0.05) is 7.11 Å². The van der Waals surface area contributed by atoms with E-state index in [9.17, 15) is 4.79 Å². The quantitative estimate of drug-likeness (QED) is 0.647. The summed E-state index contributed by atoms with van der Waals surface area (Å²) in [5.41, 5.74) is -0.116. The molecule has 0 saturated carbocycles. The van der Waals surface area contributed by atoms with Gasteiger partial charge in [-0.2, -0.15) is 0 Å². The van der Waals surface area contributed by atoms with Crippen molar-refractivity contribution in [2.75, 3.05) is 13.7 Å². The molecule has 0 radical (unpaired) electrons. The third-order valence-electron chi connectivity index (χ3n) is 2.99. The Bertz CT molecular complexity index is 176. The number of ether oxygens (including phenoxy) is 1. The molecule has 0 fully saturated rings. The number of hydrogen-bond donors (Lipinski definition) is 0. The molecule has 2 nitrogen and oxygen atoms in total. The molecule has 0 N–H and O–H groups in total. The van der Waals surface area contributed by atoms with Gasteiger partial charge in [-0.25, -0.2) is 0 Å². The summed E-state index contributed by atoms with van der Waals surface area (Å²) >= 11 is 5.53. The van der Waals surface area contributed by atoms with Crippen molar-refractivity contribution in [1.29, 1.82) is 0 Å². The Balaban J connectivity index is 4.61. The van der Waals surface area contributed by atoms with E-state index in [1.54, 1.807) is 7.11 Å². The van der Waals surface area contributed by atoms with Gasteiger partial charge in [-0.1, -0.05) is 27.7 Å². The highest BCUT2D eigenvalue weighted by atomic mass is 35.5. The third kappa shape index (κ3) is 3.28. The fourth-order valence-corrected chi connectivity index (χ4v) is 1.49. The molecule has 0 bridgehead atoms. The Labute approximate surface area is 85.6 Å².